The monoisotopic (exact) mass is 764 g/mol. The third-order valence-corrected chi connectivity index (χ3v) is 12.1. The average molecular weight is 765 g/mol. The summed E-state index contributed by atoms with van der Waals surface area (Å²) < 4.78 is 13.3. The highest BCUT2D eigenvalue weighted by Crippen LogP contribution is 2.53. The summed E-state index contributed by atoms with van der Waals surface area (Å²) in [4.78, 5) is 4.54. The zero-order valence-corrected chi connectivity index (χ0v) is 33.4. The van der Waals surface area contributed by atoms with Gasteiger partial charge in [0.25, 0.3) is 0 Å². The van der Waals surface area contributed by atoms with Crippen molar-refractivity contribution in [1.82, 2.24) is 0 Å². The summed E-state index contributed by atoms with van der Waals surface area (Å²) in [6.45, 7) is 22.7. The molecule has 286 valence electrons. The molecule has 10 rings (SSSR count). The van der Waals surface area contributed by atoms with Gasteiger partial charge in [0.2, 0.25) is 0 Å². The van der Waals surface area contributed by atoms with E-state index >= 15 is 0 Å². The molecule has 0 fully saturated rings. The van der Waals surface area contributed by atoms with Crippen LogP contribution in [0.5, 0.6) is 11.5 Å². The Morgan fingerprint density at radius 3 is 2.02 bits per heavy atom. The molecular formula is C55H44N2O2. The van der Waals surface area contributed by atoms with Crippen LogP contribution >= 0.6 is 0 Å². The number of para-hydroxylation sites is 2. The molecule has 6 aromatic carbocycles. The summed E-state index contributed by atoms with van der Waals surface area (Å²) in [5, 5.41) is 0. The van der Waals surface area contributed by atoms with E-state index in [-0.39, 0.29) is 11.5 Å². The molecule has 2 heterocycles. The van der Waals surface area contributed by atoms with Crippen molar-refractivity contribution < 1.29 is 9.47 Å². The Hall–Kier alpha value is -7.30. The van der Waals surface area contributed by atoms with Crippen LogP contribution in [0.2, 0.25) is 0 Å². The maximum absolute atomic E-state index is 6.79. The first-order valence-corrected chi connectivity index (χ1v) is 20.1. The minimum Gasteiger partial charge on any atom is -0.457 e. The number of hydrogen-bond acceptors (Lipinski definition) is 4. The molecular weight excluding hydrogens is 721 g/mol. The van der Waals surface area contributed by atoms with Crippen molar-refractivity contribution in [3.63, 3.8) is 0 Å². The molecule has 0 bridgehead atoms. The topological polar surface area (TPSA) is 24.9 Å². The SMILES string of the molecule is C=C1C(=CC(=C)N(c2ccccc2)C2C=CC=CC2)OC(=C)c2c1ccc1c2C(=C)c2ccc(N(c3ccccc3)c3ccc4c(c3)C(C)(C)c3ccccc3-4)cc2O1. The number of rotatable bonds is 7. The largest absolute Gasteiger partial charge is 0.457 e. The predicted molar refractivity (Wildman–Crippen MR) is 245 cm³/mol. The molecule has 2 aliphatic heterocycles. The summed E-state index contributed by atoms with van der Waals surface area (Å²) in [7, 11) is 0. The Morgan fingerprint density at radius 1 is 0.610 bits per heavy atom. The summed E-state index contributed by atoms with van der Waals surface area (Å²) in [6, 6.07) is 47.0. The third kappa shape index (κ3) is 5.90. The summed E-state index contributed by atoms with van der Waals surface area (Å²) >= 11 is 0. The zero-order valence-electron chi connectivity index (χ0n) is 33.4. The first-order chi connectivity index (χ1) is 28.7. The van der Waals surface area contributed by atoms with Crippen molar-refractivity contribution in [2.75, 3.05) is 9.80 Å². The van der Waals surface area contributed by atoms with Gasteiger partial charge in [0.05, 0.1) is 6.04 Å². The number of allylic oxidation sites excluding steroid dienone is 4. The Labute approximate surface area is 347 Å². The average Bonchev–Trinajstić information content (AvgIpc) is 3.49. The number of nitrogens with zero attached hydrogens (tertiary/aromatic N) is 2. The summed E-state index contributed by atoms with van der Waals surface area (Å²) in [5.41, 5.74) is 15.2. The van der Waals surface area contributed by atoms with Gasteiger partial charge >= 0.3 is 0 Å². The van der Waals surface area contributed by atoms with Gasteiger partial charge in [-0.25, -0.2) is 0 Å². The first-order valence-electron chi connectivity index (χ1n) is 20.1. The van der Waals surface area contributed by atoms with Crippen LogP contribution in [-0.2, 0) is 10.2 Å². The molecule has 0 spiro atoms. The molecule has 1 unspecified atom stereocenters. The van der Waals surface area contributed by atoms with Crippen molar-refractivity contribution in [3.05, 3.63) is 235 Å². The molecule has 0 saturated heterocycles. The molecule has 4 aliphatic rings. The van der Waals surface area contributed by atoms with E-state index in [1.54, 1.807) is 0 Å². The van der Waals surface area contributed by atoms with Gasteiger partial charge in [0, 0.05) is 68.3 Å². The predicted octanol–water partition coefficient (Wildman–Crippen LogP) is 14.4. The van der Waals surface area contributed by atoms with E-state index in [2.05, 4.69) is 177 Å². The highest BCUT2D eigenvalue weighted by molar-refractivity contribution is 5.99. The first kappa shape index (κ1) is 36.1. The lowest BCUT2D eigenvalue weighted by molar-refractivity contribution is 0.399. The van der Waals surface area contributed by atoms with Crippen molar-refractivity contribution in [3.8, 4) is 22.6 Å². The fourth-order valence-corrected chi connectivity index (χ4v) is 9.24. The lowest BCUT2D eigenvalue weighted by Gasteiger charge is -2.34. The fraction of sp³-hybridized carbons (Fsp3) is 0.0909. The minimum absolute atomic E-state index is 0.116. The van der Waals surface area contributed by atoms with Crippen LogP contribution in [0.15, 0.2) is 202 Å². The van der Waals surface area contributed by atoms with Crippen LogP contribution in [0.25, 0.3) is 28.0 Å². The van der Waals surface area contributed by atoms with E-state index in [0.29, 0.717) is 17.3 Å². The number of hydrogen-bond donors (Lipinski definition) is 0. The second kappa shape index (κ2) is 14.0. The molecule has 59 heavy (non-hydrogen) atoms. The van der Waals surface area contributed by atoms with E-state index in [0.717, 1.165) is 74.0 Å². The van der Waals surface area contributed by atoms with Gasteiger partial charge in [-0.05, 0) is 100 Å². The maximum Gasteiger partial charge on any atom is 0.137 e. The van der Waals surface area contributed by atoms with Crippen LogP contribution in [-0.4, -0.2) is 6.04 Å². The highest BCUT2D eigenvalue weighted by atomic mass is 16.5. The van der Waals surface area contributed by atoms with Gasteiger partial charge in [-0.1, -0.05) is 131 Å². The normalized spacial score (nSPS) is 17.2. The molecule has 0 N–H and O–H groups in total. The van der Waals surface area contributed by atoms with Gasteiger partial charge in [-0.15, -0.1) is 0 Å². The lowest BCUT2D eigenvalue weighted by atomic mass is 9.82. The molecule has 6 aromatic rings. The van der Waals surface area contributed by atoms with Gasteiger partial charge in [-0.2, -0.15) is 0 Å². The summed E-state index contributed by atoms with van der Waals surface area (Å²) in [6.07, 6.45) is 11.4. The zero-order chi connectivity index (χ0) is 40.4. The number of anilines is 4. The number of fused-ring (bicyclic) bond motifs is 7. The maximum atomic E-state index is 6.79. The highest BCUT2D eigenvalue weighted by Gasteiger charge is 2.36. The molecule has 4 heteroatoms. The van der Waals surface area contributed by atoms with Crippen molar-refractivity contribution in [1.29, 1.82) is 0 Å². The van der Waals surface area contributed by atoms with Crippen LogP contribution in [0.1, 0.15) is 53.6 Å². The number of benzene rings is 6. The quantitative estimate of drug-likeness (QED) is 0.161. The Morgan fingerprint density at radius 2 is 1.27 bits per heavy atom. The smallest absolute Gasteiger partial charge is 0.137 e. The van der Waals surface area contributed by atoms with Crippen LogP contribution in [0, 0.1) is 0 Å². The van der Waals surface area contributed by atoms with E-state index in [4.69, 9.17) is 9.47 Å². The van der Waals surface area contributed by atoms with E-state index in [1.807, 2.05) is 36.4 Å². The van der Waals surface area contributed by atoms with Gasteiger partial charge < -0.3 is 19.3 Å². The standard InChI is InChI=1S/C55H44N2O2/c1-35(56(39-18-10-7-11-19-39)40-20-12-8-13-21-40)32-51-36(2)45-30-31-50-53(54(45)38(4)58-51)37(3)44-28-26-43(34-52(44)59-50)57(41-22-14-9-15-23-41)42-27-29-47-46-24-16-17-25-48(46)55(5,6)49(47)33-42/h7-20,22-34,40H,1-4,21H2,5-6H3. The molecule has 2 aliphatic carbocycles. The van der Waals surface area contributed by atoms with Crippen molar-refractivity contribution in [2.45, 2.75) is 31.7 Å². The molecule has 0 saturated carbocycles. The van der Waals surface area contributed by atoms with Crippen LogP contribution in [0.3, 0.4) is 0 Å². The van der Waals surface area contributed by atoms with Crippen molar-refractivity contribution in [2.24, 2.45) is 0 Å². The fourth-order valence-electron chi connectivity index (χ4n) is 9.24. The molecule has 1 atom stereocenters. The second-order valence-electron chi connectivity index (χ2n) is 16.0. The van der Waals surface area contributed by atoms with E-state index < -0.39 is 0 Å². The van der Waals surface area contributed by atoms with Crippen molar-refractivity contribution >= 4 is 39.7 Å². The van der Waals surface area contributed by atoms with Crippen LogP contribution < -0.4 is 14.5 Å². The number of ether oxygens (including phenoxy) is 2. The van der Waals surface area contributed by atoms with Gasteiger partial charge in [0.1, 0.15) is 23.0 Å². The van der Waals surface area contributed by atoms with Gasteiger partial charge in [-0.3, -0.25) is 0 Å². The Kier molecular flexibility index (Phi) is 8.54. The molecule has 0 aromatic heterocycles. The molecule has 0 radical (unpaired) electrons. The molecule has 4 nitrogen and oxygen atoms in total. The third-order valence-electron chi connectivity index (χ3n) is 12.1. The van der Waals surface area contributed by atoms with E-state index in [1.165, 1.54) is 22.3 Å². The molecule has 0 amide bonds. The van der Waals surface area contributed by atoms with Gasteiger partial charge in [0.15, 0.2) is 0 Å². The minimum atomic E-state index is -0.125. The lowest BCUT2D eigenvalue weighted by Crippen LogP contribution is -2.32. The summed E-state index contributed by atoms with van der Waals surface area (Å²) in [5.74, 6) is 2.55. The Bertz CT molecular complexity index is 2860. The second-order valence-corrected chi connectivity index (χ2v) is 16.0. The Balaban J connectivity index is 0.986. The van der Waals surface area contributed by atoms with E-state index in [9.17, 15) is 0 Å². The van der Waals surface area contributed by atoms with Crippen LogP contribution in [0.4, 0.5) is 22.7 Å².